The fourth-order valence-corrected chi connectivity index (χ4v) is 4.41. The lowest BCUT2D eigenvalue weighted by Gasteiger charge is -2.09. The molecular weight excluding hydrogens is 538 g/mol. The molecule has 0 aliphatic heterocycles. The fourth-order valence-electron chi connectivity index (χ4n) is 0.622. The molecule has 0 saturated heterocycles. The van der Waals surface area contributed by atoms with E-state index >= 15 is 0 Å². The molecule has 7 heteroatoms. The zero-order valence-electron chi connectivity index (χ0n) is 5.88. The maximum Gasteiger partial charge on any atom is 0.0482 e. The first-order valence-electron chi connectivity index (χ1n) is 2.73. The molecule has 0 saturated carbocycles. The number of hydrogen-bond donors (Lipinski definition) is 0. The quantitative estimate of drug-likeness (QED) is 0.234. The van der Waals surface area contributed by atoms with E-state index in [1.165, 1.54) is 0 Å². The summed E-state index contributed by atoms with van der Waals surface area (Å²) >= 11 is 17.3. The molecule has 1 unspecified atom stereocenters. The average Bonchev–Trinajstić information content (AvgIpc) is 2.08. The van der Waals surface area contributed by atoms with Crippen molar-refractivity contribution < 1.29 is 0 Å². The minimum atomic E-state index is 0. The lowest BCUT2D eigenvalue weighted by atomic mass is 10.4. The lowest BCUT2D eigenvalue weighted by Crippen LogP contribution is -1.98. The normalized spacial score (nSPS) is 9.69. The summed E-state index contributed by atoms with van der Waals surface area (Å²) in [5.74, 6) is 0. The maximum absolute atomic E-state index is 3.47. The summed E-state index contributed by atoms with van der Waals surface area (Å²) in [6.45, 7) is 0. The molecule has 0 fully saturated rings. The zero-order chi connectivity index (χ0) is 9.46. The van der Waals surface area contributed by atoms with Crippen LogP contribution >= 0.6 is 101 Å². The number of halogens is 6. The van der Waals surface area contributed by atoms with E-state index < -0.39 is 0 Å². The Hall–Kier alpha value is 2.34. The summed E-state index contributed by atoms with van der Waals surface area (Å²) in [6, 6.07) is 0. The van der Waals surface area contributed by atoms with Crippen LogP contribution in [-0.2, 0) is 0 Å². The van der Waals surface area contributed by atoms with Gasteiger partial charge in [-0.1, -0.05) is 0 Å². The molecule has 0 N–H and O–H groups in total. The van der Waals surface area contributed by atoms with Gasteiger partial charge in [-0.05, 0) is 79.6 Å². The highest BCUT2D eigenvalue weighted by Crippen LogP contribution is 2.40. The highest BCUT2D eigenvalue weighted by atomic mass is 79.9. The molecule has 0 radical (unpaired) electrons. The van der Waals surface area contributed by atoms with Crippen LogP contribution in [0.15, 0.2) is 22.4 Å². The first-order valence-corrected chi connectivity index (χ1v) is 7.28. The van der Waals surface area contributed by atoms with Crippen LogP contribution in [0.25, 0.3) is 0 Å². The first kappa shape index (κ1) is 15.3. The summed E-state index contributed by atoms with van der Waals surface area (Å²) in [4.78, 5) is 0. The standard InChI is InChI=1S/C6H2Br5P.ClH/c7-1-2(8)4(10)6(12)5(11)3(1)9;/h12H2;1H. The topological polar surface area (TPSA) is 0 Å². The molecule has 0 amide bonds. The molecular formula is C6H3Br5ClP. The van der Waals surface area contributed by atoms with Crippen molar-refractivity contribution in [3.05, 3.63) is 22.4 Å². The van der Waals surface area contributed by atoms with Crippen molar-refractivity contribution in [1.82, 2.24) is 0 Å². The predicted molar refractivity (Wildman–Crippen MR) is 81.5 cm³/mol. The monoisotopic (exact) mass is 536 g/mol. The Balaban J connectivity index is 0.00000144. The Morgan fingerprint density at radius 2 is 0.846 bits per heavy atom. The first-order chi connectivity index (χ1) is 5.46. The van der Waals surface area contributed by atoms with E-state index in [4.69, 9.17) is 0 Å². The summed E-state index contributed by atoms with van der Waals surface area (Å²) in [7, 11) is 2.66. The molecule has 0 aliphatic carbocycles. The predicted octanol–water partition coefficient (Wildman–Crippen LogP) is 5.42. The van der Waals surface area contributed by atoms with Crippen molar-refractivity contribution in [3.63, 3.8) is 0 Å². The van der Waals surface area contributed by atoms with E-state index in [0.29, 0.717) is 0 Å². The van der Waals surface area contributed by atoms with Gasteiger partial charge in [-0.2, -0.15) is 0 Å². The van der Waals surface area contributed by atoms with Gasteiger partial charge in [-0.25, -0.2) is 0 Å². The third-order valence-electron chi connectivity index (χ3n) is 1.24. The lowest BCUT2D eigenvalue weighted by molar-refractivity contribution is 1.50. The van der Waals surface area contributed by atoms with Crippen LogP contribution in [-0.4, -0.2) is 0 Å². The van der Waals surface area contributed by atoms with Gasteiger partial charge in [0.1, 0.15) is 0 Å². The van der Waals surface area contributed by atoms with Crippen LogP contribution in [0, 0.1) is 0 Å². The minimum Gasteiger partial charge on any atom is -0.147 e. The van der Waals surface area contributed by atoms with E-state index in [1.54, 1.807) is 0 Å². The Morgan fingerprint density at radius 1 is 0.615 bits per heavy atom. The van der Waals surface area contributed by atoms with E-state index in [0.717, 1.165) is 27.7 Å². The second kappa shape index (κ2) is 6.17. The van der Waals surface area contributed by atoms with Crippen molar-refractivity contribution in [3.8, 4) is 0 Å². The smallest absolute Gasteiger partial charge is 0.0482 e. The third kappa shape index (κ3) is 3.15. The summed E-state index contributed by atoms with van der Waals surface area (Å²) < 4.78 is 5.04. The Bertz CT molecular complexity index is 235. The molecule has 1 rings (SSSR count). The van der Waals surface area contributed by atoms with E-state index in [2.05, 4.69) is 88.9 Å². The highest BCUT2D eigenvalue weighted by Gasteiger charge is 2.14. The molecule has 1 aromatic rings. The largest absolute Gasteiger partial charge is 0.147 e. The number of hydrogen-bond acceptors (Lipinski definition) is 0. The molecule has 0 nitrogen and oxygen atoms in total. The van der Waals surface area contributed by atoms with Gasteiger partial charge in [0.15, 0.2) is 0 Å². The van der Waals surface area contributed by atoms with Crippen LogP contribution in [0.3, 0.4) is 0 Å². The van der Waals surface area contributed by atoms with E-state index in [9.17, 15) is 0 Å². The summed E-state index contributed by atoms with van der Waals surface area (Å²) in [5, 5.41) is 1.08. The summed E-state index contributed by atoms with van der Waals surface area (Å²) in [6.07, 6.45) is 0. The molecule has 0 bridgehead atoms. The van der Waals surface area contributed by atoms with Crippen LogP contribution in [0.4, 0.5) is 0 Å². The van der Waals surface area contributed by atoms with Crippen molar-refractivity contribution in [2.75, 3.05) is 0 Å². The van der Waals surface area contributed by atoms with Gasteiger partial charge in [0, 0.05) is 27.7 Å². The Labute approximate surface area is 127 Å². The second-order valence-electron chi connectivity index (χ2n) is 1.98. The molecule has 0 heterocycles. The maximum atomic E-state index is 3.47. The van der Waals surface area contributed by atoms with Gasteiger partial charge in [0.05, 0.1) is 0 Å². The Morgan fingerprint density at radius 3 is 1.15 bits per heavy atom. The number of benzene rings is 1. The molecule has 1 aromatic carbocycles. The SMILES string of the molecule is Cl.Pc1c(Br)c(Br)c(Br)c(Br)c1Br. The van der Waals surface area contributed by atoms with Crippen molar-refractivity contribution in [1.29, 1.82) is 0 Å². The molecule has 0 spiro atoms. The van der Waals surface area contributed by atoms with Gasteiger partial charge >= 0.3 is 0 Å². The van der Waals surface area contributed by atoms with E-state index in [-0.39, 0.29) is 12.4 Å². The van der Waals surface area contributed by atoms with Crippen LogP contribution in [0.1, 0.15) is 0 Å². The highest BCUT2D eigenvalue weighted by molar-refractivity contribution is 9.15. The fraction of sp³-hybridized carbons (Fsp3) is 0. The van der Waals surface area contributed by atoms with Gasteiger partial charge in [-0.15, -0.1) is 21.6 Å². The molecule has 13 heavy (non-hydrogen) atoms. The van der Waals surface area contributed by atoms with Crippen molar-refractivity contribution in [2.45, 2.75) is 0 Å². The van der Waals surface area contributed by atoms with Crippen LogP contribution in [0.2, 0.25) is 0 Å². The van der Waals surface area contributed by atoms with Gasteiger partial charge in [0.25, 0.3) is 0 Å². The molecule has 74 valence electrons. The summed E-state index contributed by atoms with van der Waals surface area (Å²) in [5.41, 5.74) is 0. The minimum absolute atomic E-state index is 0. The van der Waals surface area contributed by atoms with Crippen molar-refractivity contribution in [2.24, 2.45) is 0 Å². The molecule has 1 atom stereocenters. The van der Waals surface area contributed by atoms with Crippen LogP contribution < -0.4 is 5.30 Å². The van der Waals surface area contributed by atoms with E-state index in [1.807, 2.05) is 0 Å². The molecule has 0 aromatic heterocycles. The second-order valence-corrected chi connectivity index (χ2v) is 6.53. The van der Waals surface area contributed by atoms with Gasteiger partial charge in [0.2, 0.25) is 0 Å². The Kier molecular flexibility index (Phi) is 7.28. The average molecular weight is 541 g/mol. The zero-order valence-corrected chi connectivity index (χ0v) is 15.8. The number of rotatable bonds is 0. The third-order valence-corrected chi connectivity index (χ3v) is 8.82. The van der Waals surface area contributed by atoms with Crippen LogP contribution in [0.5, 0.6) is 0 Å². The van der Waals surface area contributed by atoms with Gasteiger partial charge < -0.3 is 0 Å². The van der Waals surface area contributed by atoms with Gasteiger partial charge in [-0.3, -0.25) is 0 Å². The van der Waals surface area contributed by atoms with Crippen molar-refractivity contribution >= 4 is 107 Å². The molecule has 0 aliphatic rings.